The van der Waals surface area contributed by atoms with Crippen LogP contribution in [0.5, 0.6) is 0 Å². The quantitative estimate of drug-likeness (QED) is 0.767. The Bertz CT molecular complexity index is 671. The fourth-order valence-corrected chi connectivity index (χ4v) is 1.61. The summed E-state index contributed by atoms with van der Waals surface area (Å²) in [6.07, 6.45) is 0. The van der Waals surface area contributed by atoms with Crippen molar-refractivity contribution >= 4 is 0 Å². The van der Waals surface area contributed by atoms with Gasteiger partial charge in [0.1, 0.15) is 23.3 Å². The predicted molar refractivity (Wildman–Crippen MR) is 61.2 cm³/mol. The highest BCUT2D eigenvalue weighted by Gasteiger charge is 2.11. The second-order valence-electron chi connectivity index (χ2n) is 3.62. The van der Waals surface area contributed by atoms with Crippen LogP contribution in [0.3, 0.4) is 0 Å². The van der Waals surface area contributed by atoms with Crippen LogP contribution in [0, 0.1) is 34.3 Å². The number of nitrogens with zero attached hydrogens (tertiary/aromatic N) is 2. The summed E-state index contributed by atoms with van der Waals surface area (Å²) in [5, 5.41) is 17.3. The van der Waals surface area contributed by atoms with E-state index in [1.54, 1.807) is 18.2 Å². The first kappa shape index (κ1) is 11.8. The van der Waals surface area contributed by atoms with Gasteiger partial charge in [-0.05, 0) is 35.4 Å². The van der Waals surface area contributed by atoms with Crippen molar-refractivity contribution in [1.82, 2.24) is 0 Å². The van der Waals surface area contributed by atoms with Crippen LogP contribution < -0.4 is 0 Å². The summed E-state index contributed by atoms with van der Waals surface area (Å²) in [6, 6.07) is 12.0. The number of nitriles is 2. The molecule has 0 atom stereocenters. The zero-order chi connectivity index (χ0) is 13.1. The normalized spacial score (nSPS) is 9.56. The van der Waals surface area contributed by atoms with Gasteiger partial charge in [-0.15, -0.1) is 0 Å². The molecule has 2 rings (SSSR count). The Balaban J connectivity index is 2.59. The van der Waals surface area contributed by atoms with Crippen LogP contribution in [0.15, 0.2) is 36.4 Å². The molecule has 0 aliphatic rings. The van der Waals surface area contributed by atoms with Gasteiger partial charge in [0.15, 0.2) is 0 Å². The minimum absolute atomic E-state index is 0.293. The van der Waals surface area contributed by atoms with Crippen molar-refractivity contribution in [1.29, 1.82) is 10.5 Å². The first-order valence-electron chi connectivity index (χ1n) is 5.05. The molecule has 0 N–H and O–H groups in total. The van der Waals surface area contributed by atoms with Gasteiger partial charge in [0.05, 0.1) is 11.6 Å². The van der Waals surface area contributed by atoms with Crippen LogP contribution in [0.25, 0.3) is 11.1 Å². The van der Waals surface area contributed by atoms with Gasteiger partial charge in [0.2, 0.25) is 0 Å². The van der Waals surface area contributed by atoms with Crippen molar-refractivity contribution in [3.05, 3.63) is 59.2 Å². The lowest BCUT2D eigenvalue weighted by Gasteiger charge is -2.04. The smallest absolute Gasteiger partial charge is 0.144 e. The summed E-state index contributed by atoms with van der Waals surface area (Å²) >= 11 is 0. The first-order chi connectivity index (χ1) is 8.65. The Morgan fingerprint density at radius 3 is 2.06 bits per heavy atom. The van der Waals surface area contributed by atoms with E-state index in [9.17, 15) is 8.78 Å². The summed E-state index contributed by atoms with van der Waals surface area (Å²) in [4.78, 5) is 0. The molecule has 2 aromatic carbocycles. The fraction of sp³-hybridized carbons (Fsp3) is 0. The average Bonchev–Trinajstić information content (AvgIpc) is 2.38. The van der Waals surface area contributed by atoms with Crippen molar-refractivity contribution in [3.63, 3.8) is 0 Å². The van der Waals surface area contributed by atoms with E-state index in [1.807, 2.05) is 6.07 Å². The largest absolute Gasteiger partial charge is 0.205 e. The summed E-state index contributed by atoms with van der Waals surface area (Å²) in [6.45, 7) is 0. The van der Waals surface area contributed by atoms with Gasteiger partial charge < -0.3 is 0 Å². The Morgan fingerprint density at radius 1 is 0.833 bits per heavy atom. The molecule has 0 radical (unpaired) electrons. The monoisotopic (exact) mass is 240 g/mol. The van der Waals surface area contributed by atoms with E-state index in [0.29, 0.717) is 16.7 Å². The molecular formula is C14H6F2N2. The maximum absolute atomic E-state index is 13.5. The molecule has 0 heterocycles. The summed E-state index contributed by atoms with van der Waals surface area (Å²) < 4.78 is 26.9. The van der Waals surface area contributed by atoms with Gasteiger partial charge in [-0.3, -0.25) is 0 Å². The SMILES string of the molecule is N#Cc1cccc(-c2cc(F)c(C#N)c(F)c2)c1. The highest BCUT2D eigenvalue weighted by Crippen LogP contribution is 2.24. The van der Waals surface area contributed by atoms with E-state index in [0.717, 1.165) is 12.1 Å². The van der Waals surface area contributed by atoms with E-state index in [-0.39, 0.29) is 0 Å². The third-order valence-corrected chi connectivity index (χ3v) is 2.48. The highest BCUT2D eigenvalue weighted by molar-refractivity contribution is 5.66. The van der Waals surface area contributed by atoms with E-state index in [1.165, 1.54) is 12.1 Å². The molecule has 2 nitrogen and oxygen atoms in total. The molecule has 0 aliphatic carbocycles. The topological polar surface area (TPSA) is 47.6 Å². The van der Waals surface area contributed by atoms with E-state index in [4.69, 9.17) is 10.5 Å². The van der Waals surface area contributed by atoms with Gasteiger partial charge in [0.25, 0.3) is 0 Å². The van der Waals surface area contributed by atoms with Crippen LogP contribution >= 0.6 is 0 Å². The lowest BCUT2D eigenvalue weighted by atomic mass is 10.0. The van der Waals surface area contributed by atoms with Gasteiger partial charge in [-0.25, -0.2) is 8.78 Å². The lowest BCUT2D eigenvalue weighted by Crippen LogP contribution is -1.92. The minimum Gasteiger partial charge on any atom is -0.205 e. The summed E-state index contributed by atoms with van der Waals surface area (Å²) in [5.74, 6) is -1.82. The molecule has 18 heavy (non-hydrogen) atoms. The molecule has 0 aliphatic heterocycles. The first-order valence-corrected chi connectivity index (χ1v) is 5.05. The van der Waals surface area contributed by atoms with Crippen molar-refractivity contribution in [2.45, 2.75) is 0 Å². The Labute approximate surface area is 102 Å². The van der Waals surface area contributed by atoms with Crippen LogP contribution in [-0.4, -0.2) is 0 Å². The second-order valence-corrected chi connectivity index (χ2v) is 3.62. The van der Waals surface area contributed by atoms with Crippen LogP contribution in [0.4, 0.5) is 8.78 Å². The molecule has 2 aromatic rings. The van der Waals surface area contributed by atoms with E-state index >= 15 is 0 Å². The average molecular weight is 240 g/mol. The third-order valence-electron chi connectivity index (χ3n) is 2.48. The maximum Gasteiger partial charge on any atom is 0.144 e. The number of hydrogen-bond acceptors (Lipinski definition) is 2. The van der Waals surface area contributed by atoms with Gasteiger partial charge in [0, 0.05) is 0 Å². The lowest BCUT2D eigenvalue weighted by molar-refractivity contribution is 0.577. The number of halogens is 2. The standard InChI is InChI=1S/C14H6F2N2/c15-13-5-11(6-14(16)12(13)8-18)10-3-1-2-9(4-10)7-17/h1-6H. The van der Waals surface area contributed by atoms with Crippen molar-refractivity contribution in [3.8, 4) is 23.3 Å². The van der Waals surface area contributed by atoms with Crippen LogP contribution in [0.1, 0.15) is 11.1 Å². The van der Waals surface area contributed by atoms with Crippen molar-refractivity contribution in [2.75, 3.05) is 0 Å². The molecule has 0 fully saturated rings. The summed E-state index contributed by atoms with van der Waals surface area (Å²) in [5.41, 5.74) is 0.616. The summed E-state index contributed by atoms with van der Waals surface area (Å²) in [7, 11) is 0. The van der Waals surface area contributed by atoms with E-state index in [2.05, 4.69) is 0 Å². The second kappa shape index (κ2) is 4.65. The molecule has 86 valence electrons. The molecule has 0 saturated heterocycles. The number of rotatable bonds is 1. The molecular weight excluding hydrogens is 234 g/mol. The fourth-order valence-electron chi connectivity index (χ4n) is 1.61. The van der Waals surface area contributed by atoms with Crippen LogP contribution in [0.2, 0.25) is 0 Å². The van der Waals surface area contributed by atoms with Crippen molar-refractivity contribution < 1.29 is 8.78 Å². The Morgan fingerprint density at radius 2 is 1.50 bits per heavy atom. The molecule has 0 saturated carbocycles. The molecule has 0 unspecified atom stereocenters. The maximum atomic E-state index is 13.5. The Hall–Kier alpha value is -2.72. The van der Waals surface area contributed by atoms with Gasteiger partial charge >= 0.3 is 0 Å². The molecule has 4 heteroatoms. The zero-order valence-corrected chi connectivity index (χ0v) is 9.11. The molecule has 0 bridgehead atoms. The van der Waals surface area contributed by atoms with Gasteiger partial charge in [-0.2, -0.15) is 10.5 Å². The predicted octanol–water partition coefficient (Wildman–Crippen LogP) is 3.38. The van der Waals surface area contributed by atoms with Gasteiger partial charge in [-0.1, -0.05) is 12.1 Å². The zero-order valence-electron chi connectivity index (χ0n) is 9.11. The molecule has 0 aromatic heterocycles. The number of hydrogen-bond donors (Lipinski definition) is 0. The molecule has 0 amide bonds. The van der Waals surface area contributed by atoms with Crippen molar-refractivity contribution in [2.24, 2.45) is 0 Å². The molecule has 0 spiro atoms. The minimum atomic E-state index is -0.908. The Kier molecular flexibility index (Phi) is 3.03. The highest BCUT2D eigenvalue weighted by atomic mass is 19.1. The third kappa shape index (κ3) is 2.05. The van der Waals surface area contributed by atoms with E-state index < -0.39 is 17.2 Å². The van der Waals surface area contributed by atoms with Crippen LogP contribution in [-0.2, 0) is 0 Å². The number of benzene rings is 2.